The van der Waals surface area contributed by atoms with Crippen LogP contribution in [0.25, 0.3) is 20.8 Å². The van der Waals surface area contributed by atoms with Gasteiger partial charge in [-0.05, 0) is 36.8 Å². The number of hydrogen-bond donors (Lipinski definition) is 1. The summed E-state index contributed by atoms with van der Waals surface area (Å²) in [6.45, 7) is 1.89. The fourth-order valence-corrected chi connectivity index (χ4v) is 2.95. The van der Waals surface area contributed by atoms with E-state index in [-0.39, 0.29) is 5.82 Å². The van der Waals surface area contributed by atoms with Gasteiger partial charge in [0, 0.05) is 11.3 Å². The summed E-state index contributed by atoms with van der Waals surface area (Å²) in [5.41, 5.74) is 8.83. The van der Waals surface area contributed by atoms with Gasteiger partial charge in [0.15, 0.2) is 0 Å². The highest BCUT2D eigenvalue weighted by molar-refractivity contribution is 7.21. The minimum atomic E-state index is -0.327. The third kappa shape index (κ3) is 1.75. The summed E-state index contributed by atoms with van der Waals surface area (Å²) < 4.78 is 14.5. The molecule has 0 saturated carbocycles. The highest BCUT2D eigenvalue weighted by Crippen LogP contribution is 2.34. The zero-order chi connectivity index (χ0) is 12.7. The minimum Gasteiger partial charge on any atom is -0.398 e. The van der Waals surface area contributed by atoms with Crippen LogP contribution < -0.4 is 5.73 Å². The average Bonchev–Trinajstić information content (AvgIpc) is 2.77. The normalized spacial score (nSPS) is 11.0. The maximum absolute atomic E-state index is 13.4. The molecule has 0 aliphatic rings. The van der Waals surface area contributed by atoms with E-state index in [1.165, 1.54) is 12.1 Å². The SMILES string of the molecule is Cc1c(N)cc(F)cc1-c1nc2ccccc2s1. The largest absolute Gasteiger partial charge is 0.398 e. The van der Waals surface area contributed by atoms with E-state index in [2.05, 4.69) is 4.98 Å². The van der Waals surface area contributed by atoms with Gasteiger partial charge >= 0.3 is 0 Å². The molecule has 0 fully saturated rings. The zero-order valence-corrected chi connectivity index (χ0v) is 10.6. The molecule has 0 aliphatic heterocycles. The lowest BCUT2D eigenvalue weighted by atomic mass is 10.1. The summed E-state index contributed by atoms with van der Waals surface area (Å²) >= 11 is 1.55. The monoisotopic (exact) mass is 258 g/mol. The second kappa shape index (κ2) is 4.07. The fraction of sp³-hybridized carbons (Fsp3) is 0.0714. The van der Waals surface area contributed by atoms with E-state index in [1.807, 2.05) is 31.2 Å². The Labute approximate surface area is 108 Å². The van der Waals surface area contributed by atoms with Gasteiger partial charge in [0.2, 0.25) is 0 Å². The molecule has 2 nitrogen and oxygen atoms in total. The lowest BCUT2D eigenvalue weighted by molar-refractivity contribution is 0.628. The van der Waals surface area contributed by atoms with Crippen molar-refractivity contribution in [2.24, 2.45) is 0 Å². The maximum atomic E-state index is 13.4. The van der Waals surface area contributed by atoms with Crippen LogP contribution >= 0.6 is 11.3 Å². The quantitative estimate of drug-likeness (QED) is 0.670. The number of para-hydroxylation sites is 1. The Morgan fingerprint density at radius 3 is 2.78 bits per heavy atom. The van der Waals surface area contributed by atoms with Gasteiger partial charge in [-0.2, -0.15) is 0 Å². The van der Waals surface area contributed by atoms with Gasteiger partial charge in [-0.3, -0.25) is 0 Å². The summed E-state index contributed by atoms with van der Waals surface area (Å²) in [4.78, 5) is 4.52. The van der Waals surface area contributed by atoms with Crippen molar-refractivity contribution >= 4 is 27.2 Å². The maximum Gasteiger partial charge on any atom is 0.125 e. The Bertz CT molecular complexity index is 701. The third-order valence-electron chi connectivity index (χ3n) is 2.94. The fourth-order valence-electron chi connectivity index (χ4n) is 1.91. The van der Waals surface area contributed by atoms with Crippen molar-refractivity contribution in [3.63, 3.8) is 0 Å². The topological polar surface area (TPSA) is 38.9 Å². The molecule has 0 spiro atoms. The molecule has 0 radical (unpaired) electrons. The van der Waals surface area contributed by atoms with E-state index < -0.39 is 0 Å². The van der Waals surface area contributed by atoms with E-state index in [0.29, 0.717) is 5.69 Å². The number of halogens is 1. The van der Waals surface area contributed by atoms with Gasteiger partial charge < -0.3 is 5.73 Å². The van der Waals surface area contributed by atoms with Gasteiger partial charge in [-0.1, -0.05) is 12.1 Å². The number of nitrogens with two attached hydrogens (primary N) is 1. The molecule has 1 heterocycles. The Kier molecular flexibility index (Phi) is 2.52. The molecule has 0 atom stereocenters. The molecule has 0 bridgehead atoms. The molecular formula is C14H11FN2S. The molecule has 3 aromatic rings. The molecule has 0 saturated heterocycles. The molecule has 90 valence electrons. The van der Waals surface area contributed by atoms with E-state index in [0.717, 1.165) is 26.4 Å². The first-order chi connectivity index (χ1) is 8.65. The van der Waals surface area contributed by atoms with Gasteiger partial charge in [0.05, 0.1) is 10.2 Å². The predicted molar refractivity (Wildman–Crippen MR) is 74.2 cm³/mol. The molecule has 4 heteroatoms. The Balaban J connectivity index is 2.26. The number of aromatic nitrogens is 1. The van der Waals surface area contributed by atoms with Crippen LogP contribution in [0, 0.1) is 12.7 Å². The zero-order valence-electron chi connectivity index (χ0n) is 9.77. The molecule has 0 unspecified atom stereocenters. The molecular weight excluding hydrogens is 247 g/mol. The van der Waals surface area contributed by atoms with Gasteiger partial charge in [-0.15, -0.1) is 11.3 Å². The third-order valence-corrected chi connectivity index (χ3v) is 4.01. The number of nitrogens with zero attached hydrogens (tertiary/aromatic N) is 1. The average molecular weight is 258 g/mol. The Morgan fingerprint density at radius 1 is 1.22 bits per heavy atom. The predicted octanol–water partition coefficient (Wildman–Crippen LogP) is 3.99. The molecule has 3 rings (SSSR count). The Hall–Kier alpha value is -1.94. The lowest BCUT2D eigenvalue weighted by Crippen LogP contribution is -1.94. The van der Waals surface area contributed by atoms with Crippen molar-refractivity contribution in [3.8, 4) is 10.6 Å². The minimum absolute atomic E-state index is 0.327. The van der Waals surface area contributed by atoms with Crippen LogP contribution in [0.2, 0.25) is 0 Å². The number of thiazole rings is 1. The van der Waals surface area contributed by atoms with Crippen LogP contribution in [-0.2, 0) is 0 Å². The van der Waals surface area contributed by atoms with Crippen LogP contribution in [0.1, 0.15) is 5.56 Å². The van der Waals surface area contributed by atoms with E-state index in [1.54, 1.807) is 11.3 Å². The molecule has 0 amide bonds. The first-order valence-electron chi connectivity index (χ1n) is 5.57. The molecule has 2 N–H and O–H groups in total. The van der Waals surface area contributed by atoms with Gasteiger partial charge in [0.1, 0.15) is 10.8 Å². The van der Waals surface area contributed by atoms with Crippen molar-refractivity contribution in [2.75, 3.05) is 5.73 Å². The molecule has 1 aromatic heterocycles. The number of anilines is 1. The van der Waals surface area contributed by atoms with Crippen molar-refractivity contribution in [1.29, 1.82) is 0 Å². The van der Waals surface area contributed by atoms with E-state index >= 15 is 0 Å². The standard InChI is InChI=1S/C14H11FN2S/c1-8-10(6-9(15)7-11(8)16)14-17-12-4-2-3-5-13(12)18-14/h2-7H,16H2,1H3. The van der Waals surface area contributed by atoms with Crippen molar-refractivity contribution < 1.29 is 4.39 Å². The van der Waals surface area contributed by atoms with Crippen LogP contribution in [0.15, 0.2) is 36.4 Å². The summed E-state index contributed by atoms with van der Waals surface area (Å²) in [5.74, 6) is -0.327. The number of rotatable bonds is 1. The van der Waals surface area contributed by atoms with Crippen molar-refractivity contribution in [2.45, 2.75) is 6.92 Å². The van der Waals surface area contributed by atoms with Crippen LogP contribution in [0.5, 0.6) is 0 Å². The van der Waals surface area contributed by atoms with Crippen LogP contribution in [0.4, 0.5) is 10.1 Å². The van der Waals surface area contributed by atoms with E-state index in [9.17, 15) is 4.39 Å². The number of nitrogen functional groups attached to an aromatic ring is 1. The first-order valence-corrected chi connectivity index (χ1v) is 6.38. The van der Waals surface area contributed by atoms with Gasteiger partial charge in [0.25, 0.3) is 0 Å². The van der Waals surface area contributed by atoms with Crippen molar-refractivity contribution in [1.82, 2.24) is 4.98 Å². The molecule has 2 aromatic carbocycles. The van der Waals surface area contributed by atoms with E-state index in [4.69, 9.17) is 5.73 Å². The van der Waals surface area contributed by atoms with Crippen molar-refractivity contribution in [3.05, 3.63) is 47.8 Å². The molecule has 18 heavy (non-hydrogen) atoms. The lowest BCUT2D eigenvalue weighted by Gasteiger charge is -2.05. The summed E-state index contributed by atoms with van der Waals surface area (Å²) in [6, 6.07) is 10.7. The second-order valence-corrected chi connectivity index (χ2v) is 5.18. The van der Waals surface area contributed by atoms with Crippen LogP contribution in [-0.4, -0.2) is 4.98 Å². The molecule has 0 aliphatic carbocycles. The first kappa shape index (κ1) is 11.2. The Morgan fingerprint density at radius 2 is 2.00 bits per heavy atom. The summed E-state index contributed by atoms with van der Waals surface area (Å²) in [7, 11) is 0. The number of fused-ring (bicyclic) bond motifs is 1. The smallest absolute Gasteiger partial charge is 0.125 e. The summed E-state index contributed by atoms with van der Waals surface area (Å²) in [5, 5.41) is 0.805. The second-order valence-electron chi connectivity index (χ2n) is 4.15. The highest BCUT2D eigenvalue weighted by Gasteiger charge is 2.11. The number of hydrogen-bond acceptors (Lipinski definition) is 3. The summed E-state index contributed by atoms with van der Waals surface area (Å²) in [6.07, 6.45) is 0. The van der Waals surface area contributed by atoms with Crippen LogP contribution in [0.3, 0.4) is 0 Å². The number of benzene rings is 2. The highest BCUT2D eigenvalue weighted by atomic mass is 32.1. The van der Waals surface area contributed by atoms with Gasteiger partial charge in [-0.25, -0.2) is 9.37 Å².